The Balaban J connectivity index is 1.55. The minimum absolute atomic E-state index is 0.0374. The van der Waals surface area contributed by atoms with Crippen LogP contribution >= 0.6 is 0 Å². The maximum absolute atomic E-state index is 12.2. The van der Waals surface area contributed by atoms with Gasteiger partial charge in [-0.15, -0.1) is 0 Å². The summed E-state index contributed by atoms with van der Waals surface area (Å²) in [5.74, 6) is -2.21. The van der Waals surface area contributed by atoms with Gasteiger partial charge in [-0.2, -0.15) is 5.10 Å². The lowest BCUT2D eigenvalue weighted by Gasteiger charge is -2.11. The number of hydrogen-bond acceptors (Lipinski definition) is 5. The normalized spacial score (nSPS) is 13.0. The number of carbonyl (C=O) groups is 3. The molecule has 0 fully saturated rings. The molecule has 2 heterocycles. The molecule has 122 valence electrons. The van der Waals surface area contributed by atoms with Gasteiger partial charge in [0.25, 0.3) is 11.8 Å². The van der Waals surface area contributed by atoms with Gasteiger partial charge in [0.1, 0.15) is 5.69 Å². The van der Waals surface area contributed by atoms with E-state index in [2.05, 4.69) is 10.2 Å². The zero-order valence-electron chi connectivity index (χ0n) is 12.8. The summed E-state index contributed by atoms with van der Waals surface area (Å²) in [6.45, 7) is 0. The fourth-order valence-corrected chi connectivity index (χ4v) is 2.57. The zero-order valence-corrected chi connectivity index (χ0v) is 12.8. The topological polar surface area (TPSA) is 92.4 Å². The zero-order chi connectivity index (χ0) is 17.4. The number of aromatic amines is 1. The van der Waals surface area contributed by atoms with E-state index < -0.39 is 17.8 Å². The van der Waals surface area contributed by atoms with Crippen LogP contribution < -0.4 is 0 Å². The minimum Gasteiger partial charge on any atom is -0.323 e. The lowest BCUT2D eigenvalue weighted by molar-refractivity contribution is -0.0588. The molecule has 7 nitrogen and oxygen atoms in total. The van der Waals surface area contributed by atoms with E-state index in [4.69, 9.17) is 4.84 Å². The van der Waals surface area contributed by atoms with Crippen LogP contribution in [0.1, 0.15) is 31.2 Å². The van der Waals surface area contributed by atoms with Crippen molar-refractivity contribution in [3.8, 4) is 11.3 Å². The fraction of sp³-hybridized carbons (Fsp3) is 0. The van der Waals surface area contributed by atoms with Crippen molar-refractivity contribution in [1.29, 1.82) is 0 Å². The molecule has 0 unspecified atom stereocenters. The van der Waals surface area contributed by atoms with Gasteiger partial charge >= 0.3 is 5.97 Å². The maximum Gasteiger partial charge on any atom is 0.381 e. The van der Waals surface area contributed by atoms with Gasteiger partial charge in [-0.3, -0.25) is 14.7 Å². The summed E-state index contributed by atoms with van der Waals surface area (Å²) in [6, 6.07) is 17.0. The van der Waals surface area contributed by atoms with E-state index in [9.17, 15) is 14.4 Å². The second kappa shape index (κ2) is 5.72. The molecule has 3 aromatic rings. The highest BCUT2D eigenvalue weighted by molar-refractivity contribution is 6.21. The highest BCUT2D eigenvalue weighted by atomic mass is 16.7. The average Bonchev–Trinajstić information content (AvgIpc) is 3.23. The molecule has 1 N–H and O–H groups in total. The number of H-pyrrole nitrogens is 1. The van der Waals surface area contributed by atoms with E-state index in [-0.39, 0.29) is 16.8 Å². The molecular formula is C18H11N3O4. The van der Waals surface area contributed by atoms with E-state index in [1.165, 1.54) is 18.2 Å². The largest absolute Gasteiger partial charge is 0.381 e. The Morgan fingerprint density at radius 2 is 1.52 bits per heavy atom. The van der Waals surface area contributed by atoms with Crippen LogP contribution in [0.4, 0.5) is 0 Å². The predicted molar refractivity (Wildman–Crippen MR) is 86.4 cm³/mol. The Morgan fingerprint density at radius 3 is 2.16 bits per heavy atom. The van der Waals surface area contributed by atoms with Crippen LogP contribution in [0.2, 0.25) is 0 Å². The summed E-state index contributed by atoms with van der Waals surface area (Å²) < 4.78 is 0. The number of fused-ring (bicyclic) bond motifs is 1. The third-order valence-corrected chi connectivity index (χ3v) is 3.80. The molecule has 1 aliphatic rings. The Kier molecular flexibility index (Phi) is 3.39. The number of benzene rings is 2. The fourth-order valence-electron chi connectivity index (χ4n) is 2.57. The smallest absolute Gasteiger partial charge is 0.323 e. The molecule has 7 heteroatoms. The van der Waals surface area contributed by atoms with Crippen LogP contribution in [0.3, 0.4) is 0 Å². The van der Waals surface area contributed by atoms with Gasteiger partial charge in [0.05, 0.1) is 16.8 Å². The van der Waals surface area contributed by atoms with Crippen molar-refractivity contribution in [2.24, 2.45) is 0 Å². The van der Waals surface area contributed by atoms with Gasteiger partial charge in [-0.25, -0.2) is 4.79 Å². The van der Waals surface area contributed by atoms with Crippen molar-refractivity contribution in [2.75, 3.05) is 0 Å². The second-order valence-corrected chi connectivity index (χ2v) is 5.36. The van der Waals surface area contributed by atoms with Crippen molar-refractivity contribution in [3.63, 3.8) is 0 Å². The van der Waals surface area contributed by atoms with Gasteiger partial charge in [-0.05, 0) is 18.2 Å². The Morgan fingerprint density at radius 1 is 0.920 bits per heavy atom. The summed E-state index contributed by atoms with van der Waals surface area (Å²) in [5, 5.41) is 7.07. The molecule has 4 rings (SSSR count). The Labute approximate surface area is 141 Å². The van der Waals surface area contributed by atoms with E-state index in [1.54, 1.807) is 12.1 Å². The van der Waals surface area contributed by atoms with E-state index in [0.717, 1.165) is 5.56 Å². The number of hydrogen-bond donors (Lipinski definition) is 1. The van der Waals surface area contributed by atoms with Crippen molar-refractivity contribution in [1.82, 2.24) is 15.3 Å². The average molecular weight is 333 g/mol. The number of nitrogens with zero attached hydrogens (tertiary/aromatic N) is 2. The molecule has 2 amide bonds. The SMILES string of the molecule is O=C(ON1C(=O)c2ccccc2C1=O)c1cc(-c2ccccc2)n[nH]1. The third-order valence-electron chi connectivity index (χ3n) is 3.80. The van der Waals surface area contributed by atoms with Gasteiger partial charge in [0, 0.05) is 5.56 Å². The standard InChI is InChI=1S/C18H11N3O4/c22-16-12-8-4-5-9-13(12)17(23)21(16)25-18(24)15-10-14(19-20-15)11-6-2-1-3-7-11/h1-10H,(H,19,20). The summed E-state index contributed by atoms with van der Waals surface area (Å²) in [7, 11) is 0. The summed E-state index contributed by atoms with van der Waals surface area (Å²) >= 11 is 0. The molecule has 2 aromatic carbocycles. The Hall–Kier alpha value is -3.74. The molecular weight excluding hydrogens is 322 g/mol. The van der Waals surface area contributed by atoms with Crippen molar-refractivity contribution in [2.45, 2.75) is 0 Å². The molecule has 0 bridgehead atoms. The molecule has 0 atom stereocenters. The van der Waals surface area contributed by atoms with Crippen molar-refractivity contribution in [3.05, 3.63) is 77.5 Å². The van der Waals surface area contributed by atoms with E-state index >= 15 is 0 Å². The van der Waals surface area contributed by atoms with E-state index in [1.807, 2.05) is 30.3 Å². The highest BCUT2D eigenvalue weighted by Crippen LogP contribution is 2.24. The van der Waals surface area contributed by atoms with Gasteiger partial charge < -0.3 is 4.84 Å². The molecule has 1 aliphatic heterocycles. The number of aromatic nitrogens is 2. The predicted octanol–water partition coefficient (Wildman–Crippen LogP) is 2.44. The highest BCUT2D eigenvalue weighted by Gasteiger charge is 2.39. The molecule has 0 saturated heterocycles. The molecule has 0 aliphatic carbocycles. The van der Waals surface area contributed by atoms with Crippen LogP contribution in [0.25, 0.3) is 11.3 Å². The number of carbonyl (C=O) groups excluding carboxylic acids is 3. The number of rotatable bonds is 3. The van der Waals surface area contributed by atoms with Crippen LogP contribution in [0.5, 0.6) is 0 Å². The minimum atomic E-state index is -0.871. The molecule has 1 aromatic heterocycles. The molecule has 0 radical (unpaired) electrons. The number of amides is 2. The maximum atomic E-state index is 12.2. The van der Waals surface area contributed by atoms with Crippen LogP contribution in [-0.2, 0) is 4.84 Å². The monoisotopic (exact) mass is 333 g/mol. The first-order valence-corrected chi connectivity index (χ1v) is 7.46. The van der Waals surface area contributed by atoms with Gasteiger partial charge in [0.15, 0.2) is 0 Å². The first-order valence-electron chi connectivity index (χ1n) is 7.46. The first-order chi connectivity index (χ1) is 12.1. The summed E-state index contributed by atoms with van der Waals surface area (Å²) in [6.07, 6.45) is 0. The van der Waals surface area contributed by atoms with E-state index in [0.29, 0.717) is 10.8 Å². The quantitative estimate of drug-likeness (QED) is 0.743. The summed E-state index contributed by atoms with van der Waals surface area (Å²) in [5.41, 5.74) is 1.81. The lowest BCUT2D eigenvalue weighted by Crippen LogP contribution is -2.32. The van der Waals surface area contributed by atoms with Crippen molar-refractivity contribution >= 4 is 17.8 Å². The molecule has 0 spiro atoms. The van der Waals surface area contributed by atoms with Crippen LogP contribution in [0.15, 0.2) is 60.7 Å². The number of imide groups is 1. The number of hydroxylamine groups is 2. The van der Waals surface area contributed by atoms with Crippen molar-refractivity contribution < 1.29 is 19.2 Å². The van der Waals surface area contributed by atoms with Gasteiger partial charge in [-0.1, -0.05) is 47.5 Å². The molecule has 25 heavy (non-hydrogen) atoms. The first kappa shape index (κ1) is 14.8. The molecule has 0 saturated carbocycles. The van der Waals surface area contributed by atoms with Crippen LogP contribution in [0, 0.1) is 0 Å². The lowest BCUT2D eigenvalue weighted by atomic mass is 10.1. The van der Waals surface area contributed by atoms with Gasteiger partial charge in [0.2, 0.25) is 0 Å². The van der Waals surface area contributed by atoms with Crippen LogP contribution in [-0.4, -0.2) is 33.0 Å². The third kappa shape index (κ3) is 2.47. The number of nitrogens with one attached hydrogen (secondary N) is 1. The summed E-state index contributed by atoms with van der Waals surface area (Å²) in [4.78, 5) is 41.6. The second-order valence-electron chi connectivity index (χ2n) is 5.36. The Bertz CT molecular complexity index is 959.